The Morgan fingerprint density at radius 2 is 1.93 bits per heavy atom. The summed E-state index contributed by atoms with van der Waals surface area (Å²) in [5.41, 5.74) is 3.12. The number of benzene rings is 2. The van der Waals surface area contributed by atoms with Gasteiger partial charge in [0.05, 0.1) is 18.4 Å². The first kappa shape index (κ1) is 27.6. The number of nitrogens with zero attached hydrogens (tertiary/aromatic N) is 2. The highest BCUT2D eigenvalue weighted by molar-refractivity contribution is 5.80. The molecule has 1 fully saturated rings. The quantitative estimate of drug-likeness (QED) is 0.306. The molecule has 2 atom stereocenters. The van der Waals surface area contributed by atoms with Crippen molar-refractivity contribution >= 4 is 17.7 Å². The van der Waals surface area contributed by atoms with Gasteiger partial charge in [0.15, 0.2) is 0 Å². The first-order valence-corrected chi connectivity index (χ1v) is 14.3. The summed E-state index contributed by atoms with van der Waals surface area (Å²) in [5.74, 6) is 1.11. The van der Waals surface area contributed by atoms with Crippen molar-refractivity contribution in [2.24, 2.45) is 5.92 Å². The molecule has 3 heterocycles. The molecule has 1 saturated heterocycles. The summed E-state index contributed by atoms with van der Waals surface area (Å²) in [4.78, 5) is 32.2. The molecule has 1 aromatic heterocycles. The SMILES string of the molecule is O=C(O)CC(NC(=O)C1CCCN(CCCc2ccc3c(n2)NCCC3)C1)c1cccc(Oc2ccccc2)c1. The van der Waals surface area contributed by atoms with Gasteiger partial charge in [-0.05, 0) is 93.1 Å². The second-order valence-electron chi connectivity index (χ2n) is 10.7. The van der Waals surface area contributed by atoms with Gasteiger partial charge in [0.2, 0.25) is 5.91 Å². The lowest BCUT2D eigenvalue weighted by atomic mass is 9.95. The zero-order valence-electron chi connectivity index (χ0n) is 22.9. The standard InChI is InChI=1S/C32H38N4O4/c37-30(38)21-29(24-8-4-14-28(20-24)40-27-12-2-1-3-13-27)35-32(39)25-10-6-18-36(22-25)19-7-11-26-16-15-23-9-5-17-33-31(23)34-26/h1-4,8,12-16,20,25,29H,5-7,9-11,17-19,21-22H2,(H,33,34)(H,35,39)(H,37,38). The highest BCUT2D eigenvalue weighted by atomic mass is 16.5. The summed E-state index contributed by atoms with van der Waals surface area (Å²) in [7, 11) is 0. The van der Waals surface area contributed by atoms with Crippen LogP contribution >= 0.6 is 0 Å². The Labute approximate surface area is 235 Å². The lowest BCUT2D eigenvalue weighted by Gasteiger charge is -2.33. The van der Waals surface area contributed by atoms with Crippen molar-refractivity contribution in [3.05, 3.63) is 83.6 Å². The fourth-order valence-corrected chi connectivity index (χ4v) is 5.60. The van der Waals surface area contributed by atoms with Crippen molar-refractivity contribution in [2.45, 2.75) is 51.0 Å². The Morgan fingerprint density at radius 3 is 2.77 bits per heavy atom. The molecule has 5 rings (SSSR count). The molecule has 3 aromatic rings. The van der Waals surface area contributed by atoms with E-state index in [2.05, 4.69) is 27.7 Å². The molecule has 8 nitrogen and oxygen atoms in total. The second-order valence-corrected chi connectivity index (χ2v) is 10.7. The van der Waals surface area contributed by atoms with Crippen LogP contribution in [0.3, 0.4) is 0 Å². The zero-order valence-corrected chi connectivity index (χ0v) is 22.9. The fourth-order valence-electron chi connectivity index (χ4n) is 5.60. The number of carboxylic acid groups (broad SMARTS) is 1. The van der Waals surface area contributed by atoms with Gasteiger partial charge in [-0.15, -0.1) is 0 Å². The van der Waals surface area contributed by atoms with Gasteiger partial charge < -0.3 is 25.4 Å². The lowest BCUT2D eigenvalue weighted by molar-refractivity contribution is -0.138. The van der Waals surface area contributed by atoms with Crippen molar-refractivity contribution in [2.75, 3.05) is 31.5 Å². The number of aryl methyl sites for hydroxylation is 2. The smallest absolute Gasteiger partial charge is 0.305 e. The monoisotopic (exact) mass is 542 g/mol. The maximum atomic E-state index is 13.3. The van der Waals surface area contributed by atoms with E-state index in [4.69, 9.17) is 9.72 Å². The number of piperidine rings is 1. The van der Waals surface area contributed by atoms with E-state index in [0.29, 0.717) is 23.6 Å². The predicted octanol–water partition coefficient (Wildman–Crippen LogP) is 5.21. The maximum absolute atomic E-state index is 13.3. The van der Waals surface area contributed by atoms with E-state index in [1.54, 1.807) is 6.07 Å². The minimum atomic E-state index is -0.962. The van der Waals surface area contributed by atoms with E-state index in [0.717, 1.165) is 69.7 Å². The third-order valence-electron chi connectivity index (χ3n) is 7.67. The van der Waals surface area contributed by atoms with Crippen LogP contribution in [0.2, 0.25) is 0 Å². The van der Waals surface area contributed by atoms with Crippen LogP contribution in [-0.4, -0.2) is 53.0 Å². The summed E-state index contributed by atoms with van der Waals surface area (Å²) < 4.78 is 5.93. The largest absolute Gasteiger partial charge is 0.481 e. The van der Waals surface area contributed by atoms with Gasteiger partial charge >= 0.3 is 5.97 Å². The number of pyridine rings is 1. The lowest BCUT2D eigenvalue weighted by Crippen LogP contribution is -2.44. The molecule has 0 bridgehead atoms. The van der Waals surface area contributed by atoms with Crippen LogP contribution in [0.5, 0.6) is 11.5 Å². The molecule has 2 aliphatic heterocycles. The molecule has 0 saturated carbocycles. The molecular weight excluding hydrogens is 504 g/mol. The summed E-state index contributed by atoms with van der Waals surface area (Å²) in [6.07, 6.45) is 5.69. The van der Waals surface area contributed by atoms with E-state index in [9.17, 15) is 14.7 Å². The normalized spacial score (nSPS) is 17.8. The first-order valence-electron chi connectivity index (χ1n) is 14.3. The van der Waals surface area contributed by atoms with Gasteiger partial charge in [-0.2, -0.15) is 0 Å². The minimum Gasteiger partial charge on any atom is -0.481 e. The van der Waals surface area contributed by atoms with Crippen LogP contribution in [0.4, 0.5) is 5.82 Å². The topological polar surface area (TPSA) is 104 Å². The Bertz CT molecular complexity index is 1300. The highest BCUT2D eigenvalue weighted by Crippen LogP contribution is 2.27. The molecule has 40 heavy (non-hydrogen) atoms. The second kappa shape index (κ2) is 13.4. The first-order chi connectivity index (χ1) is 19.5. The number of rotatable bonds is 11. The Balaban J connectivity index is 1.16. The summed E-state index contributed by atoms with van der Waals surface area (Å²) in [6.45, 7) is 3.55. The molecule has 3 N–H and O–H groups in total. The van der Waals surface area contributed by atoms with Crippen molar-refractivity contribution in [1.29, 1.82) is 0 Å². The number of hydrogen-bond donors (Lipinski definition) is 3. The molecule has 1 amide bonds. The van der Waals surface area contributed by atoms with Crippen LogP contribution in [-0.2, 0) is 22.4 Å². The van der Waals surface area contributed by atoms with Crippen molar-refractivity contribution in [1.82, 2.24) is 15.2 Å². The molecule has 2 aromatic carbocycles. The van der Waals surface area contributed by atoms with Gasteiger partial charge in [-0.1, -0.05) is 36.4 Å². The van der Waals surface area contributed by atoms with Crippen LogP contribution in [0.25, 0.3) is 0 Å². The molecule has 0 spiro atoms. The highest BCUT2D eigenvalue weighted by Gasteiger charge is 2.28. The molecular formula is C32H38N4O4. The maximum Gasteiger partial charge on any atom is 0.305 e. The Hall–Kier alpha value is -3.91. The van der Waals surface area contributed by atoms with Gasteiger partial charge in [0, 0.05) is 18.8 Å². The number of likely N-dealkylation sites (tertiary alicyclic amines) is 1. The van der Waals surface area contributed by atoms with E-state index in [1.807, 2.05) is 48.5 Å². The number of aliphatic carboxylic acids is 1. The van der Waals surface area contributed by atoms with E-state index in [1.165, 1.54) is 5.56 Å². The van der Waals surface area contributed by atoms with Crippen LogP contribution in [0.1, 0.15) is 55.0 Å². The molecule has 2 aliphatic rings. The van der Waals surface area contributed by atoms with Crippen molar-refractivity contribution in [3.63, 3.8) is 0 Å². The number of hydrogen-bond acceptors (Lipinski definition) is 6. The summed E-state index contributed by atoms with van der Waals surface area (Å²) >= 11 is 0. The zero-order chi connectivity index (χ0) is 27.7. The number of aromatic nitrogens is 1. The van der Waals surface area contributed by atoms with Gasteiger partial charge in [0.1, 0.15) is 17.3 Å². The number of nitrogens with one attached hydrogen (secondary N) is 2. The number of ether oxygens (including phenoxy) is 1. The Morgan fingerprint density at radius 1 is 1.07 bits per heavy atom. The van der Waals surface area contributed by atoms with Crippen molar-refractivity contribution < 1.29 is 19.4 Å². The van der Waals surface area contributed by atoms with Gasteiger partial charge in [0.25, 0.3) is 0 Å². The third-order valence-corrected chi connectivity index (χ3v) is 7.67. The van der Waals surface area contributed by atoms with Crippen LogP contribution in [0, 0.1) is 5.92 Å². The summed E-state index contributed by atoms with van der Waals surface area (Å²) in [6, 6.07) is 20.4. The number of carbonyl (C=O) groups excluding carboxylic acids is 1. The number of fused-ring (bicyclic) bond motifs is 1. The fraction of sp³-hybridized carbons (Fsp3) is 0.406. The predicted molar refractivity (Wildman–Crippen MR) is 155 cm³/mol. The third kappa shape index (κ3) is 7.60. The van der Waals surface area contributed by atoms with Gasteiger partial charge in [-0.3, -0.25) is 9.59 Å². The molecule has 0 radical (unpaired) electrons. The Kier molecular flexibility index (Phi) is 9.29. The minimum absolute atomic E-state index is 0.0900. The number of carbonyl (C=O) groups is 2. The van der Waals surface area contributed by atoms with Gasteiger partial charge in [-0.25, -0.2) is 4.98 Å². The number of anilines is 1. The van der Waals surface area contributed by atoms with E-state index in [-0.39, 0.29) is 18.2 Å². The van der Waals surface area contributed by atoms with Crippen molar-refractivity contribution in [3.8, 4) is 11.5 Å². The average molecular weight is 543 g/mol. The van der Waals surface area contributed by atoms with Crippen LogP contribution < -0.4 is 15.4 Å². The van der Waals surface area contributed by atoms with E-state index < -0.39 is 12.0 Å². The average Bonchev–Trinajstić information content (AvgIpc) is 2.97. The summed E-state index contributed by atoms with van der Waals surface area (Å²) in [5, 5.41) is 16.0. The molecule has 0 aliphatic carbocycles. The number of amides is 1. The molecule has 2 unspecified atom stereocenters. The number of carboxylic acids is 1. The molecule has 8 heteroatoms. The van der Waals surface area contributed by atoms with Crippen LogP contribution in [0.15, 0.2) is 66.7 Å². The molecule has 210 valence electrons. The number of para-hydroxylation sites is 1. The van der Waals surface area contributed by atoms with E-state index >= 15 is 0 Å².